The lowest BCUT2D eigenvalue weighted by atomic mass is 10.3. The summed E-state index contributed by atoms with van der Waals surface area (Å²) in [5, 5.41) is -4.23. The molecule has 2 nitrogen and oxygen atoms in total. The minimum absolute atomic E-state index is 0.0637. The summed E-state index contributed by atoms with van der Waals surface area (Å²) < 4.78 is 73.2. The van der Waals surface area contributed by atoms with Crippen molar-refractivity contribution in [1.29, 1.82) is 0 Å². The molecule has 0 fully saturated rings. The van der Waals surface area contributed by atoms with Gasteiger partial charge in [0.05, 0.1) is 0 Å². The molecule has 0 aliphatic heterocycles. The molecule has 0 radical (unpaired) electrons. The number of hydrogen-bond donors (Lipinski definition) is 0. The zero-order valence-electron chi connectivity index (χ0n) is 7.47. The second-order valence-corrected chi connectivity index (χ2v) is 4.99. The van der Waals surface area contributed by atoms with Crippen molar-refractivity contribution in [3.05, 3.63) is 29.8 Å². The molecule has 0 aliphatic carbocycles. The SMILES string of the molecule is CC(F)(F)S(=O)(=O)c1c(F)cccc1F. The van der Waals surface area contributed by atoms with Crippen LogP contribution in [0, 0.1) is 11.6 Å². The second kappa shape index (κ2) is 3.48. The molecule has 0 bridgehead atoms. The van der Waals surface area contributed by atoms with Crippen LogP contribution in [0.5, 0.6) is 0 Å². The Balaban J connectivity index is 3.55. The van der Waals surface area contributed by atoms with E-state index in [1.54, 1.807) is 0 Å². The average Bonchev–Trinajstić information content (AvgIpc) is 2.00. The van der Waals surface area contributed by atoms with Crippen molar-refractivity contribution in [2.75, 3.05) is 0 Å². The van der Waals surface area contributed by atoms with Crippen LogP contribution in [0.15, 0.2) is 23.1 Å². The first-order valence-corrected chi connectivity index (χ1v) is 5.22. The fourth-order valence-electron chi connectivity index (χ4n) is 0.918. The molecule has 0 aliphatic rings. The number of hydrogen-bond acceptors (Lipinski definition) is 2. The Morgan fingerprint density at radius 3 is 1.87 bits per heavy atom. The third-order valence-electron chi connectivity index (χ3n) is 1.66. The maximum atomic E-state index is 12.9. The van der Waals surface area contributed by atoms with Gasteiger partial charge in [-0.2, -0.15) is 8.78 Å². The van der Waals surface area contributed by atoms with Crippen LogP contribution in [0.3, 0.4) is 0 Å². The van der Waals surface area contributed by atoms with Gasteiger partial charge in [0.25, 0.3) is 0 Å². The lowest BCUT2D eigenvalue weighted by molar-refractivity contribution is 0.113. The zero-order valence-corrected chi connectivity index (χ0v) is 8.29. The fraction of sp³-hybridized carbons (Fsp3) is 0.250. The first-order valence-electron chi connectivity index (χ1n) is 3.74. The predicted octanol–water partition coefficient (Wildman–Crippen LogP) is 2.35. The minimum atomic E-state index is -5.32. The van der Waals surface area contributed by atoms with E-state index in [4.69, 9.17) is 0 Å². The topological polar surface area (TPSA) is 34.1 Å². The van der Waals surface area contributed by atoms with Crippen LogP contribution in [0.4, 0.5) is 17.6 Å². The Morgan fingerprint density at radius 1 is 1.13 bits per heavy atom. The lowest BCUT2D eigenvalue weighted by Gasteiger charge is -2.12. The maximum Gasteiger partial charge on any atom is 0.347 e. The second-order valence-electron chi connectivity index (χ2n) is 2.86. The molecule has 0 amide bonds. The van der Waals surface area contributed by atoms with E-state index in [1.165, 1.54) is 0 Å². The maximum absolute atomic E-state index is 12.9. The summed E-state index contributed by atoms with van der Waals surface area (Å²) in [7, 11) is -5.32. The molecule has 0 atom stereocenters. The van der Waals surface area contributed by atoms with E-state index >= 15 is 0 Å². The fourth-order valence-corrected chi connectivity index (χ4v) is 1.93. The summed E-state index contributed by atoms with van der Waals surface area (Å²) in [6.45, 7) is 0.0637. The van der Waals surface area contributed by atoms with Gasteiger partial charge >= 0.3 is 5.25 Å². The van der Waals surface area contributed by atoms with Crippen LogP contribution < -0.4 is 0 Å². The highest BCUT2D eigenvalue weighted by Gasteiger charge is 2.44. The molecular formula is C8H6F4O2S. The monoisotopic (exact) mass is 242 g/mol. The Kier molecular flexibility index (Phi) is 2.77. The highest BCUT2D eigenvalue weighted by Crippen LogP contribution is 2.31. The van der Waals surface area contributed by atoms with E-state index in [-0.39, 0.29) is 6.92 Å². The normalized spacial score (nSPS) is 12.9. The largest absolute Gasteiger partial charge is 0.347 e. The Labute approximate surface area is 83.4 Å². The number of alkyl halides is 2. The molecular weight excluding hydrogens is 236 g/mol. The highest BCUT2D eigenvalue weighted by atomic mass is 32.2. The van der Waals surface area contributed by atoms with Crippen LogP contribution in [0.2, 0.25) is 0 Å². The molecule has 0 unspecified atom stereocenters. The summed E-state index contributed by atoms with van der Waals surface area (Å²) in [6.07, 6.45) is 0. The number of benzene rings is 1. The van der Waals surface area contributed by atoms with Crippen molar-refractivity contribution in [2.45, 2.75) is 17.1 Å². The van der Waals surface area contributed by atoms with Crippen molar-refractivity contribution in [1.82, 2.24) is 0 Å². The van der Waals surface area contributed by atoms with Crippen LogP contribution in [-0.4, -0.2) is 13.7 Å². The van der Waals surface area contributed by atoms with E-state index in [9.17, 15) is 26.0 Å². The molecule has 0 heterocycles. The summed E-state index contributed by atoms with van der Waals surface area (Å²) in [5.74, 6) is -3.06. The minimum Gasteiger partial charge on any atom is -0.217 e. The van der Waals surface area contributed by atoms with E-state index < -0.39 is 31.6 Å². The smallest absolute Gasteiger partial charge is 0.217 e. The van der Waals surface area contributed by atoms with Crippen LogP contribution in [-0.2, 0) is 9.84 Å². The van der Waals surface area contributed by atoms with Crippen molar-refractivity contribution in [3.8, 4) is 0 Å². The molecule has 1 aromatic rings. The molecule has 0 N–H and O–H groups in total. The summed E-state index contributed by atoms with van der Waals surface area (Å²) in [5.41, 5.74) is 0. The lowest BCUT2D eigenvalue weighted by Crippen LogP contribution is -2.26. The van der Waals surface area contributed by atoms with Gasteiger partial charge in [0.15, 0.2) is 0 Å². The van der Waals surface area contributed by atoms with Crippen molar-refractivity contribution < 1.29 is 26.0 Å². The van der Waals surface area contributed by atoms with Gasteiger partial charge in [-0.1, -0.05) is 6.07 Å². The number of halogens is 4. The molecule has 0 aromatic heterocycles. The van der Waals surface area contributed by atoms with Gasteiger partial charge in [-0.3, -0.25) is 0 Å². The van der Waals surface area contributed by atoms with Crippen LogP contribution in [0.1, 0.15) is 6.92 Å². The first-order chi connectivity index (χ1) is 6.68. The third kappa shape index (κ3) is 1.97. The highest BCUT2D eigenvalue weighted by molar-refractivity contribution is 7.92. The van der Waals surface area contributed by atoms with Crippen LogP contribution in [0.25, 0.3) is 0 Å². The van der Waals surface area contributed by atoms with Gasteiger partial charge in [-0.15, -0.1) is 0 Å². The molecule has 1 aromatic carbocycles. The molecule has 84 valence electrons. The van der Waals surface area contributed by atoms with Gasteiger partial charge < -0.3 is 0 Å². The third-order valence-corrected chi connectivity index (χ3v) is 3.53. The van der Waals surface area contributed by atoms with Gasteiger partial charge in [0.2, 0.25) is 9.84 Å². The molecule has 0 saturated heterocycles. The van der Waals surface area contributed by atoms with Gasteiger partial charge in [-0.25, -0.2) is 17.2 Å². The molecule has 0 spiro atoms. The van der Waals surface area contributed by atoms with Crippen molar-refractivity contribution in [3.63, 3.8) is 0 Å². The molecule has 15 heavy (non-hydrogen) atoms. The Morgan fingerprint density at radius 2 is 1.53 bits per heavy atom. The zero-order chi connectivity index (χ0) is 11.9. The van der Waals surface area contributed by atoms with Gasteiger partial charge in [0.1, 0.15) is 16.5 Å². The Bertz CT molecular complexity index is 456. The number of sulfone groups is 1. The standard InChI is InChI=1S/C8H6F4O2S/c1-8(11,12)15(13,14)7-5(9)3-2-4-6(7)10/h2-4H,1H3. The quantitative estimate of drug-likeness (QED) is 0.746. The van der Waals surface area contributed by atoms with Gasteiger partial charge in [-0.05, 0) is 12.1 Å². The van der Waals surface area contributed by atoms with E-state index in [0.29, 0.717) is 12.1 Å². The van der Waals surface area contributed by atoms with E-state index in [2.05, 4.69) is 0 Å². The van der Waals surface area contributed by atoms with Gasteiger partial charge in [0, 0.05) is 6.92 Å². The average molecular weight is 242 g/mol. The molecule has 7 heteroatoms. The van der Waals surface area contributed by atoms with Crippen LogP contribution >= 0.6 is 0 Å². The number of rotatable bonds is 2. The summed E-state index contributed by atoms with van der Waals surface area (Å²) in [4.78, 5) is -1.60. The van der Waals surface area contributed by atoms with Crippen molar-refractivity contribution >= 4 is 9.84 Å². The molecule has 0 saturated carbocycles. The summed E-state index contributed by atoms with van der Waals surface area (Å²) in [6, 6.07) is 2.08. The van der Waals surface area contributed by atoms with E-state index in [0.717, 1.165) is 6.07 Å². The van der Waals surface area contributed by atoms with E-state index in [1.807, 2.05) is 0 Å². The Hall–Kier alpha value is -1.11. The molecule has 1 rings (SSSR count). The predicted molar refractivity (Wildman–Crippen MR) is 44.2 cm³/mol. The first kappa shape index (κ1) is 12.0. The summed E-state index contributed by atoms with van der Waals surface area (Å²) >= 11 is 0. The van der Waals surface area contributed by atoms with Crippen molar-refractivity contribution in [2.24, 2.45) is 0 Å².